The van der Waals surface area contributed by atoms with Gasteiger partial charge in [0.1, 0.15) is 0 Å². The Morgan fingerprint density at radius 1 is 1.82 bits per heavy atom. The summed E-state index contributed by atoms with van der Waals surface area (Å²) in [4.78, 5) is 0. The van der Waals surface area contributed by atoms with Gasteiger partial charge in [0, 0.05) is 6.04 Å². The summed E-state index contributed by atoms with van der Waals surface area (Å²) in [6.45, 7) is 2.03. The van der Waals surface area contributed by atoms with Gasteiger partial charge in [-0.15, -0.1) is 0 Å². The molecule has 2 heterocycles. The van der Waals surface area contributed by atoms with Crippen LogP contribution in [0.5, 0.6) is 0 Å². The zero-order valence-corrected chi connectivity index (χ0v) is 6.88. The van der Waals surface area contributed by atoms with Crippen molar-refractivity contribution in [1.82, 2.24) is 5.32 Å². The first-order valence-corrected chi connectivity index (χ1v) is 4.42. The average Bonchev–Trinajstić information content (AvgIpc) is 2.62. The first-order chi connectivity index (χ1) is 5.27. The molecule has 0 aromatic rings. The van der Waals surface area contributed by atoms with Crippen molar-refractivity contribution in [3.63, 3.8) is 0 Å². The van der Waals surface area contributed by atoms with E-state index < -0.39 is 0 Å². The molecule has 11 heavy (non-hydrogen) atoms. The van der Waals surface area contributed by atoms with Gasteiger partial charge in [0.05, 0.1) is 11.6 Å². The van der Waals surface area contributed by atoms with E-state index in [-0.39, 0.29) is 11.6 Å². The maximum Gasteiger partial charge on any atom is 0.0755 e. The second kappa shape index (κ2) is 2.32. The van der Waals surface area contributed by atoms with E-state index in [0.29, 0.717) is 6.04 Å². The summed E-state index contributed by atoms with van der Waals surface area (Å²) in [5.41, 5.74) is -0.0561. The van der Waals surface area contributed by atoms with E-state index >= 15 is 0 Å². The second-order valence-electron chi connectivity index (χ2n) is 3.61. The van der Waals surface area contributed by atoms with Crippen LogP contribution < -0.4 is 5.32 Å². The van der Waals surface area contributed by atoms with Gasteiger partial charge in [-0.05, 0) is 19.3 Å². The van der Waals surface area contributed by atoms with Gasteiger partial charge in [-0.3, -0.25) is 5.32 Å². The van der Waals surface area contributed by atoms with E-state index in [4.69, 9.17) is 0 Å². The Bertz CT molecular complexity index is 190. The van der Waals surface area contributed by atoms with E-state index in [1.54, 1.807) is 0 Å². The van der Waals surface area contributed by atoms with Gasteiger partial charge in [0.15, 0.2) is 0 Å². The zero-order chi connectivity index (χ0) is 7.90. The van der Waals surface area contributed by atoms with Crippen molar-refractivity contribution < 1.29 is 5.11 Å². The Morgan fingerprint density at radius 3 is 3.00 bits per heavy atom. The molecule has 0 amide bonds. The average molecular weight is 153 g/mol. The standard InChI is InChI=1S/C9H15NO/c1-2-8(11)9-5-3-7(10-9)4-6-9/h3,5,7-8,10-11H,2,4,6H2,1H3. The van der Waals surface area contributed by atoms with Crippen LogP contribution in [0.1, 0.15) is 26.2 Å². The number of rotatable bonds is 2. The predicted molar refractivity (Wildman–Crippen MR) is 44.3 cm³/mol. The summed E-state index contributed by atoms with van der Waals surface area (Å²) >= 11 is 0. The van der Waals surface area contributed by atoms with Crippen molar-refractivity contribution >= 4 is 0 Å². The summed E-state index contributed by atoms with van der Waals surface area (Å²) in [5.74, 6) is 0. The fourth-order valence-electron chi connectivity index (χ4n) is 2.19. The molecule has 2 rings (SSSR count). The molecule has 2 nitrogen and oxygen atoms in total. The van der Waals surface area contributed by atoms with Gasteiger partial charge in [0.25, 0.3) is 0 Å². The fourth-order valence-corrected chi connectivity index (χ4v) is 2.19. The lowest BCUT2D eigenvalue weighted by Crippen LogP contribution is -2.47. The molecule has 2 heteroatoms. The highest BCUT2D eigenvalue weighted by atomic mass is 16.3. The van der Waals surface area contributed by atoms with E-state index in [1.807, 2.05) is 6.92 Å². The summed E-state index contributed by atoms with van der Waals surface area (Å²) in [5, 5.41) is 13.2. The molecule has 1 saturated heterocycles. The molecule has 0 aromatic heterocycles. The Hall–Kier alpha value is -0.340. The quantitative estimate of drug-likeness (QED) is 0.576. The van der Waals surface area contributed by atoms with Crippen molar-refractivity contribution in [2.45, 2.75) is 43.9 Å². The highest BCUT2D eigenvalue weighted by molar-refractivity contribution is 5.25. The van der Waals surface area contributed by atoms with Crippen LogP contribution in [0.15, 0.2) is 12.2 Å². The smallest absolute Gasteiger partial charge is 0.0755 e. The Balaban J connectivity index is 2.17. The number of aliphatic hydroxyl groups is 1. The van der Waals surface area contributed by atoms with Gasteiger partial charge in [-0.25, -0.2) is 0 Å². The second-order valence-corrected chi connectivity index (χ2v) is 3.61. The van der Waals surface area contributed by atoms with Crippen LogP contribution >= 0.6 is 0 Å². The molecule has 1 fully saturated rings. The third-order valence-corrected chi connectivity index (χ3v) is 2.93. The van der Waals surface area contributed by atoms with Crippen LogP contribution in [0, 0.1) is 0 Å². The largest absolute Gasteiger partial charge is 0.391 e. The SMILES string of the molecule is CCC(O)C12C=CC(CC1)N2. The van der Waals surface area contributed by atoms with Crippen LogP contribution in [0.2, 0.25) is 0 Å². The van der Waals surface area contributed by atoms with Crippen molar-refractivity contribution in [1.29, 1.82) is 0 Å². The number of nitrogens with one attached hydrogen (secondary N) is 1. The van der Waals surface area contributed by atoms with Crippen molar-refractivity contribution in [2.24, 2.45) is 0 Å². The summed E-state index contributed by atoms with van der Waals surface area (Å²) < 4.78 is 0. The zero-order valence-electron chi connectivity index (χ0n) is 6.88. The Labute approximate surface area is 67.3 Å². The van der Waals surface area contributed by atoms with Crippen LogP contribution in [-0.4, -0.2) is 22.8 Å². The molecule has 2 bridgehead atoms. The topological polar surface area (TPSA) is 32.3 Å². The van der Waals surface area contributed by atoms with Crippen molar-refractivity contribution in [3.05, 3.63) is 12.2 Å². The summed E-state index contributed by atoms with van der Waals surface area (Å²) in [6, 6.07) is 0.538. The molecule has 0 aliphatic carbocycles. The molecule has 2 N–H and O–H groups in total. The predicted octanol–water partition coefficient (Wildman–Crippen LogP) is 0.818. The van der Waals surface area contributed by atoms with E-state index in [2.05, 4.69) is 17.5 Å². The molecular formula is C9H15NO. The third kappa shape index (κ3) is 0.932. The number of aliphatic hydroxyl groups excluding tert-OH is 1. The molecule has 0 saturated carbocycles. The van der Waals surface area contributed by atoms with Gasteiger partial charge < -0.3 is 5.11 Å². The van der Waals surface area contributed by atoms with Crippen LogP contribution in [0.25, 0.3) is 0 Å². The molecule has 2 aliphatic rings. The van der Waals surface area contributed by atoms with Crippen molar-refractivity contribution in [2.75, 3.05) is 0 Å². The highest BCUT2D eigenvalue weighted by Crippen LogP contribution is 2.35. The van der Waals surface area contributed by atoms with Gasteiger partial charge in [0.2, 0.25) is 0 Å². The molecule has 0 radical (unpaired) electrons. The fraction of sp³-hybridized carbons (Fsp3) is 0.778. The van der Waals surface area contributed by atoms with Crippen molar-refractivity contribution in [3.8, 4) is 0 Å². The molecule has 2 aliphatic heterocycles. The van der Waals surface area contributed by atoms with Gasteiger partial charge >= 0.3 is 0 Å². The normalized spacial score (nSPS) is 43.3. The molecule has 3 atom stereocenters. The minimum Gasteiger partial charge on any atom is -0.391 e. The molecular weight excluding hydrogens is 138 g/mol. The monoisotopic (exact) mass is 153 g/mol. The van der Waals surface area contributed by atoms with Gasteiger partial charge in [-0.1, -0.05) is 19.1 Å². The van der Waals surface area contributed by atoms with E-state index in [0.717, 1.165) is 12.8 Å². The molecule has 0 spiro atoms. The molecule has 62 valence electrons. The summed E-state index contributed by atoms with van der Waals surface area (Å²) in [7, 11) is 0. The minimum atomic E-state index is -0.203. The first-order valence-electron chi connectivity index (χ1n) is 4.42. The maximum atomic E-state index is 9.72. The number of fused-ring (bicyclic) bond motifs is 2. The lowest BCUT2D eigenvalue weighted by molar-refractivity contribution is 0.0962. The van der Waals surface area contributed by atoms with Crippen LogP contribution in [-0.2, 0) is 0 Å². The highest BCUT2D eigenvalue weighted by Gasteiger charge is 2.44. The molecule has 0 aromatic carbocycles. The Morgan fingerprint density at radius 2 is 2.64 bits per heavy atom. The lowest BCUT2D eigenvalue weighted by Gasteiger charge is -2.28. The van der Waals surface area contributed by atoms with Crippen LogP contribution in [0.3, 0.4) is 0 Å². The maximum absolute atomic E-state index is 9.72. The van der Waals surface area contributed by atoms with Crippen LogP contribution in [0.4, 0.5) is 0 Å². The molecule has 3 unspecified atom stereocenters. The lowest BCUT2D eigenvalue weighted by atomic mass is 9.87. The number of hydrogen-bond donors (Lipinski definition) is 2. The minimum absolute atomic E-state index is 0.0561. The van der Waals surface area contributed by atoms with E-state index in [1.165, 1.54) is 6.42 Å². The van der Waals surface area contributed by atoms with Gasteiger partial charge in [-0.2, -0.15) is 0 Å². The summed E-state index contributed by atoms with van der Waals surface area (Å²) in [6.07, 6.45) is 7.25. The third-order valence-electron chi connectivity index (χ3n) is 2.93. The van der Waals surface area contributed by atoms with E-state index in [9.17, 15) is 5.11 Å². The first kappa shape index (κ1) is 7.32. The Kier molecular flexibility index (Phi) is 1.55. The number of hydrogen-bond acceptors (Lipinski definition) is 2.